The first-order valence-corrected chi connectivity index (χ1v) is 7.24. The quantitative estimate of drug-likeness (QED) is 0.824. The lowest BCUT2D eigenvalue weighted by Crippen LogP contribution is -2.45. The van der Waals surface area contributed by atoms with Crippen molar-refractivity contribution in [3.63, 3.8) is 0 Å². The van der Waals surface area contributed by atoms with Gasteiger partial charge in [-0.05, 0) is 18.8 Å². The van der Waals surface area contributed by atoms with Crippen LogP contribution in [-0.4, -0.2) is 35.8 Å². The predicted octanol–water partition coefficient (Wildman–Crippen LogP) is 0.476. The summed E-state index contributed by atoms with van der Waals surface area (Å²) < 4.78 is 28.1. The van der Waals surface area contributed by atoms with E-state index in [4.69, 9.17) is 0 Å². The highest BCUT2D eigenvalue weighted by Crippen LogP contribution is 2.17. The summed E-state index contributed by atoms with van der Waals surface area (Å²) in [7, 11) is -3.36. The molecule has 2 rings (SSSR count). The zero-order valence-corrected chi connectivity index (χ0v) is 10.7. The average Bonchev–Trinajstić information content (AvgIpc) is 2.79. The van der Waals surface area contributed by atoms with Gasteiger partial charge in [-0.2, -0.15) is 17.4 Å². The van der Waals surface area contributed by atoms with Gasteiger partial charge in [-0.15, -0.1) is 0 Å². The van der Waals surface area contributed by atoms with Crippen LogP contribution in [0.1, 0.15) is 25.5 Å². The number of rotatable bonds is 4. The molecule has 1 atom stereocenters. The first-order valence-electron chi connectivity index (χ1n) is 5.80. The van der Waals surface area contributed by atoms with Gasteiger partial charge in [0.15, 0.2) is 0 Å². The average molecular weight is 258 g/mol. The Balaban J connectivity index is 1.94. The van der Waals surface area contributed by atoms with E-state index in [1.165, 1.54) is 10.6 Å². The van der Waals surface area contributed by atoms with Gasteiger partial charge < -0.3 is 4.98 Å². The Bertz CT molecular complexity index is 443. The molecular formula is C10H18N4O2S. The molecule has 1 fully saturated rings. The molecule has 1 aliphatic rings. The summed E-state index contributed by atoms with van der Waals surface area (Å²) in [6.07, 6.45) is 5.19. The second kappa shape index (κ2) is 5.16. The van der Waals surface area contributed by atoms with E-state index in [0.29, 0.717) is 19.0 Å². The first-order chi connectivity index (χ1) is 8.08. The topological polar surface area (TPSA) is 78.1 Å². The number of aromatic amines is 1. The summed E-state index contributed by atoms with van der Waals surface area (Å²) in [5, 5.41) is 0. The Hall–Kier alpha value is -0.920. The third-order valence-electron chi connectivity index (χ3n) is 2.96. The summed E-state index contributed by atoms with van der Waals surface area (Å²) in [5.41, 5.74) is 0.763. The maximum atomic E-state index is 12.0. The normalized spacial score (nSPS) is 22.8. The fourth-order valence-corrected chi connectivity index (χ4v) is 3.35. The minimum Gasteiger partial charge on any atom is -0.347 e. The van der Waals surface area contributed by atoms with Crippen LogP contribution in [0.2, 0.25) is 0 Å². The molecular weight excluding hydrogens is 240 g/mol. The number of nitrogens with zero attached hydrogens (tertiary/aromatic N) is 2. The van der Waals surface area contributed by atoms with Crippen molar-refractivity contribution < 1.29 is 8.42 Å². The van der Waals surface area contributed by atoms with Crippen LogP contribution in [0.5, 0.6) is 0 Å². The van der Waals surface area contributed by atoms with Crippen LogP contribution >= 0.6 is 0 Å². The van der Waals surface area contributed by atoms with Gasteiger partial charge in [0.25, 0.3) is 10.2 Å². The maximum Gasteiger partial charge on any atom is 0.279 e. The molecule has 96 valence electrons. The second-order valence-corrected chi connectivity index (χ2v) is 6.26. The Labute approximate surface area is 102 Å². The second-order valence-electron chi connectivity index (χ2n) is 4.51. The fraction of sp³-hybridized carbons (Fsp3) is 0.700. The molecule has 0 spiro atoms. The van der Waals surface area contributed by atoms with E-state index < -0.39 is 10.2 Å². The van der Waals surface area contributed by atoms with Crippen molar-refractivity contribution in [2.45, 2.75) is 26.3 Å². The molecule has 0 aromatic carbocycles. The molecule has 1 unspecified atom stereocenters. The molecule has 0 amide bonds. The number of hydrogen-bond donors (Lipinski definition) is 2. The third-order valence-corrected chi connectivity index (χ3v) is 4.48. The van der Waals surface area contributed by atoms with Crippen molar-refractivity contribution in [2.24, 2.45) is 5.92 Å². The molecule has 1 aliphatic heterocycles. The van der Waals surface area contributed by atoms with Gasteiger partial charge in [0, 0.05) is 25.0 Å². The number of hydrogen-bond acceptors (Lipinski definition) is 3. The monoisotopic (exact) mass is 258 g/mol. The van der Waals surface area contributed by atoms with Crippen LogP contribution in [-0.2, 0) is 16.8 Å². The highest BCUT2D eigenvalue weighted by atomic mass is 32.2. The fourth-order valence-electron chi connectivity index (χ4n) is 2.01. The Morgan fingerprint density at radius 2 is 2.47 bits per heavy atom. The minimum absolute atomic E-state index is 0.257. The van der Waals surface area contributed by atoms with E-state index in [0.717, 1.165) is 18.5 Å². The lowest BCUT2D eigenvalue weighted by Gasteiger charge is -2.29. The molecule has 17 heavy (non-hydrogen) atoms. The van der Waals surface area contributed by atoms with Gasteiger partial charge in [0.2, 0.25) is 0 Å². The van der Waals surface area contributed by atoms with Crippen LogP contribution in [0.15, 0.2) is 12.5 Å². The van der Waals surface area contributed by atoms with E-state index in [2.05, 4.69) is 21.6 Å². The predicted molar refractivity (Wildman–Crippen MR) is 64.3 cm³/mol. The van der Waals surface area contributed by atoms with Crippen LogP contribution in [0, 0.1) is 5.92 Å². The number of nitrogens with one attached hydrogen (secondary N) is 2. The molecule has 2 N–H and O–H groups in total. The number of H-pyrrole nitrogens is 1. The molecule has 7 heteroatoms. The number of piperidine rings is 1. The smallest absolute Gasteiger partial charge is 0.279 e. The van der Waals surface area contributed by atoms with Crippen molar-refractivity contribution in [2.75, 3.05) is 13.1 Å². The van der Waals surface area contributed by atoms with Crippen LogP contribution in [0.3, 0.4) is 0 Å². The van der Waals surface area contributed by atoms with Crippen LogP contribution < -0.4 is 4.72 Å². The number of imidazole rings is 1. The highest BCUT2D eigenvalue weighted by Gasteiger charge is 2.26. The van der Waals surface area contributed by atoms with Crippen molar-refractivity contribution in [1.82, 2.24) is 19.0 Å². The lowest BCUT2D eigenvalue weighted by atomic mass is 10.0. The van der Waals surface area contributed by atoms with Gasteiger partial charge in [0.05, 0.1) is 12.9 Å². The van der Waals surface area contributed by atoms with E-state index in [9.17, 15) is 8.42 Å². The van der Waals surface area contributed by atoms with Gasteiger partial charge in [0.1, 0.15) is 0 Å². The molecule has 0 bridgehead atoms. The van der Waals surface area contributed by atoms with Gasteiger partial charge in [-0.25, -0.2) is 4.98 Å². The standard InChI is InChI=1S/C10H18N4O2S/c1-9-3-2-4-14(7-9)17(15,16)13-6-10-5-11-8-12-10/h5,8-9,13H,2-4,6-7H2,1H3,(H,11,12). The Morgan fingerprint density at radius 3 is 3.12 bits per heavy atom. The van der Waals surface area contributed by atoms with Crippen LogP contribution in [0.4, 0.5) is 0 Å². The number of aromatic nitrogens is 2. The summed E-state index contributed by atoms with van der Waals surface area (Å²) in [6, 6.07) is 0. The summed E-state index contributed by atoms with van der Waals surface area (Å²) in [5.74, 6) is 0.437. The Morgan fingerprint density at radius 1 is 1.65 bits per heavy atom. The van der Waals surface area contributed by atoms with Gasteiger partial charge >= 0.3 is 0 Å². The van der Waals surface area contributed by atoms with Gasteiger partial charge in [-0.3, -0.25) is 0 Å². The maximum absolute atomic E-state index is 12.0. The minimum atomic E-state index is -3.36. The largest absolute Gasteiger partial charge is 0.347 e. The molecule has 0 radical (unpaired) electrons. The van der Waals surface area contributed by atoms with E-state index in [-0.39, 0.29) is 6.54 Å². The molecule has 2 heterocycles. The molecule has 0 aliphatic carbocycles. The SMILES string of the molecule is CC1CCCN(S(=O)(=O)NCc2cnc[nH]2)C1. The lowest BCUT2D eigenvalue weighted by molar-refractivity contribution is 0.278. The van der Waals surface area contributed by atoms with E-state index in [1.54, 1.807) is 6.20 Å². The molecule has 6 nitrogen and oxygen atoms in total. The first kappa shape index (κ1) is 12.5. The van der Waals surface area contributed by atoms with Crippen LogP contribution in [0.25, 0.3) is 0 Å². The van der Waals surface area contributed by atoms with E-state index in [1.807, 2.05) is 0 Å². The highest BCUT2D eigenvalue weighted by molar-refractivity contribution is 7.87. The van der Waals surface area contributed by atoms with Crippen molar-refractivity contribution in [3.05, 3.63) is 18.2 Å². The van der Waals surface area contributed by atoms with Crippen molar-refractivity contribution in [3.8, 4) is 0 Å². The summed E-state index contributed by atoms with van der Waals surface area (Å²) in [6.45, 7) is 3.56. The zero-order valence-electron chi connectivity index (χ0n) is 9.89. The zero-order chi connectivity index (χ0) is 12.3. The molecule has 1 aromatic heterocycles. The summed E-state index contributed by atoms with van der Waals surface area (Å²) >= 11 is 0. The Kier molecular flexibility index (Phi) is 3.80. The summed E-state index contributed by atoms with van der Waals surface area (Å²) in [4.78, 5) is 6.71. The van der Waals surface area contributed by atoms with Crippen molar-refractivity contribution >= 4 is 10.2 Å². The molecule has 0 saturated carbocycles. The van der Waals surface area contributed by atoms with Gasteiger partial charge in [-0.1, -0.05) is 6.92 Å². The molecule has 1 saturated heterocycles. The van der Waals surface area contributed by atoms with E-state index >= 15 is 0 Å². The molecule has 1 aromatic rings. The van der Waals surface area contributed by atoms with Crippen molar-refractivity contribution in [1.29, 1.82) is 0 Å². The third kappa shape index (κ3) is 3.27.